The molecule has 2 amide bonds. The van der Waals surface area contributed by atoms with E-state index in [-0.39, 0.29) is 30.9 Å². The van der Waals surface area contributed by atoms with Crippen LogP contribution in [-0.4, -0.2) is 69.9 Å². The Morgan fingerprint density at radius 2 is 1.92 bits per heavy atom. The second-order valence-electron chi connectivity index (χ2n) is 10.4. The van der Waals surface area contributed by atoms with Crippen molar-refractivity contribution in [2.24, 2.45) is 5.92 Å². The summed E-state index contributed by atoms with van der Waals surface area (Å²) in [5.74, 6) is -0.871. The van der Waals surface area contributed by atoms with E-state index in [0.717, 1.165) is 39.9 Å². The van der Waals surface area contributed by atoms with Crippen molar-refractivity contribution in [3.8, 4) is 10.6 Å². The quantitative estimate of drug-likeness (QED) is 0.444. The summed E-state index contributed by atoms with van der Waals surface area (Å²) in [5.41, 5.74) is 2.94. The van der Waals surface area contributed by atoms with Crippen molar-refractivity contribution in [3.63, 3.8) is 0 Å². The van der Waals surface area contributed by atoms with E-state index in [4.69, 9.17) is 10.1 Å². The number of nitrogens with one attached hydrogen (secondary N) is 1. The maximum Gasteiger partial charge on any atom is 0.323 e. The van der Waals surface area contributed by atoms with Crippen molar-refractivity contribution in [2.75, 3.05) is 26.2 Å². The number of carbonyl (C=O) groups is 3. The first-order chi connectivity index (χ1) is 18.4. The van der Waals surface area contributed by atoms with E-state index in [1.54, 1.807) is 11.3 Å². The molecule has 2 N–H and O–H groups in total. The van der Waals surface area contributed by atoms with E-state index in [1.165, 1.54) is 24.2 Å². The van der Waals surface area contributed by atoms with Crippen molar-refractivity contribution < 1.29 is 19.5 Å². The van der Waals surface area contributed by atoms with E-state index < -0.39 is 5.97 Å². The zero-order valence-electron chi connectivity index (χ0n) is 21.7. The molecule has 5 rings (SSSR count). The summed E-state index contributed by atoms with van der Waals surface area (Å²) < 4.78 is 0. The summed E-state index contributed by atoms with van der Waals surface area (Å²) in [4.78, 5) is 47.2. The smallest absolute Gasteiger partial charge is 0.323 e. The van der Waals surface area contributed by atoms with Crippen molar-refractivity contribution in [2.45, 2.75) is 51.6 Å². The molecule has 9 heteroatoms. The summed E-state index contributed by atoms with van der Waals surface area (Å²) in [6.07, 6.45) is 5.94. The Morgan fingerprint density at radius 1 is 1.13 bits per heavy atom. The molecular formula is C29H34N4O4S. The van der Waals surface area contributed by atoms with Crippen LogP contribution in [0.5, 0.6) is 0 Å². The van der Waals surface area contributed by atoms with Gasteiger partial charge in [-0.3, -0.25) is 19.3 Å². The van der Waals surface area contributed by atoms with E-state index in [1.807, 2.05) is 46.7 Å². The number of aromatic nitrogens is 1. The maximum atomic E-state index is 14.0. The Kier molecular flexibility index (Phi) is 8.04. The van der Waals surface area contributed by atoms with Gasteiger partial charge < -0.3 is 15.3 Å². The number of rotatable bonds is 8. The number of nitrogens with zero attached hydrogens (tertiary/aromatic N) is 3. The van der Waals surface area contributed by atoms with Gasteiger partial charge in [0.1, 0.15) is 6.54 Å². The van der Waals surface area contributed by atoms with Crippen molar-refractivity contribution >= 4 is 40.0 Å². The Bertz CT molecular complexity index is 1320. The van der Waals surface area contributed by atoms with E-state index >= 15 is 0 Å². The number of hydrogen-bond acceptors (Lipinski definition) is 6. The highest BCUT2D eigenvalue weighted by Crippen LogP contribution is 2.34. The standard InChI is InChI=1S/C29H34N4O4S/c1-19(20-8-3-2-4-9-20)30-29(37)27-21-10-5-6-11-23(21)31-28(24-12-7-15-38-24)22(27)16-32-13-14-33(18-26(35)36)25(34)17-32/h5-7,10-12,15,19-20H,2-4,8-9,13-14,16-18H2,1H3,(H,30,37)(H,35,36)/t19-/m0/s1. The number of hydrogen-bond donors (Lipinski definition) is 2. The Balaban J connectivity index is 1.52. The molecule has 1 aromatic carbocycles. The van der Waals surface area contributed by atoms with Gasteiger partial charge in [0.15, 0.2) is 0 Å². The second-order valence-corrected chi connectivity index (χ2v) is 11.3. The average molecular weight is 535 g/mol. The molecule has 3 heterocycles. The summed E-state index contributed by atoms with van der Waals surface area (Å²) in [6, 6.07) is 11.8. The van der Waals surface area contributed by atoms with Crippen LogP contribution in [0.4, 0.5) is 0 Å². The van der Waals surface area contributed by atoms with Crippen LogP contribution in [0, 0.1) is 5.92 Å². The first kappa shape index (κ1) is 26.3. The molecule has 0 unspecified atom stereocenters. The van der Waals surface area contributed by atoms with Gasteiger partial charge in [-0.25, -0.2) is 4.98 Å². The lowest BCUT2D eigenvalue weighted by molar-refractivity contribution is -0.147. The van der Waals surface area contributed by atoms with Gasteiger partial charge in [-0.2, -0.15) is 0 Å². The third-order valence-corrected chi connectivity index (χ3v) is 8.67. The number of benzene rings is 1. The maximum absolute atomic E-state index is 14.0. The normalized spacial score (nSPS) is 18.0. The van der Waals surface area contributed by atoms with E-state index in [9.17, 15) is 14.4 Å². The lowest BCUT2D eigenvalue weighted by Gasteiger charge is -2.34. The zero-order valence-corrected chi connectivity index (χ0v) is 22.5. The molecule has 38 heavy (non-hydrogen) atoms. The largest absolute Gasteiger partial charge is 0.480 e. The highest BCUT2D eigenvalue weighted by molar-refractivity contribution is 7.13. The molecule has 0 spiro atoms. The van der Waals surface area contributed by atoms with Crippen molar-refractivity contribution in [3.05, 3.63) is 52.9 Å². The van der Waals surface area contributed by atoms with Gasteiger partial charge in [0, 0.05) is 36.6 Å². The summed E-state index contributed by atoms with van der Waals surface area (Å²) in [7, 11) is 0. The van der Waals surface area contributed by atoms with Gasteiger partial charge in [0.25, 0.3) is 5.91 Å². The molecule has 8 nitrogen and oxygen atoms in total. The van der Waals surface area contributed by atoms with Crippen LogP contribution in [0.25, 0.3) is 21.5 Å². The highest BCUT2D eigenvalue weighted by Gasteiger charge is 2.30. The molecule has 0 radical (unpaired) electrons. The molecular weight excluding hydrogens is 500 g/mol. The minimum Gasteiger partial charge on any atom is -0.480 e. The Hall–Kier alpha value is -3.30. The molecule has 1 aliphatic carbocycles. The molecule has 2 fully saturated rings. The van der Waals surface area contributed by atoms with Crippen molar-refractivity contribution in [1.29, 1.82) is 0 Å². The van der Waals surface area contributed by atoms with Gasteiger partial charge in [0.2, 0.25) is 5.91 Å². The second kappa shape index (κ2) is 11.6. The number of aliphatic carboxylic acids is 1. The van der Waals surface area contributed by atoms with Crippen molar-refractivity contribution in [1.82, 2.24) is 20.1 Å². The topological polar surface area (TPSA) is 103 Å². The van der Waals surface area contributed by atoms with E-state index in [0.29, 0.717) is 31.1 Å². The number of carboxylic acid groups (broad SMARTS) is 1. The minimum absolute atomic E-state index is 0.0638. The van der Waals surface area contributed by atoms with Gasteiger partial charge in [0.05, 0.1) is 28.2 Å². The first-order valence-corrected chi connectivity index (χ1v) is 14.3. The summed E-state index contributed by atoms with van der Waals surface area (Å²) in [5, 5.41) is 15.2. The Morgan fingerprint density at radius 3 is 2.63 bits per heavy atom. The Labute approximate surface area is 226 Å². The molecule has 1 aliphatic heterocycles. The molecule has 2 aromatic heterocycles. The first-order valence-electron chi connectivity index (χ1n) is 13.4. The number of amides is 2. The van der Waals surface area contributed by atoms with Crippen LogP contribution in [-0.2, 0) is 16.1 Å². The SMILES string of the molecule is C[C@H](NC(=O)c1c(CN2CCN(CC(=O)O)C(=O)C2)c(-c2cccs2)nc2ccccc12)C1CCCCC1. The average Bonchev–Trinajstić information content (AvgIpc) is 3.45. The molecule has 2 aliphatic rings. The molecule has 1 saturated carbocycles. The summed E-state index contributed by atoms with van der Waals surface area (Å²) in [6.45, 7) is 3.15. The monoisotopic (exact) mass is 534 g/mol. The van der Waals surface area contributed by atoms with E-state index in [2.05, 4.69) is 12.2 Å². The van der Waals surface area contributed by atoms with Crippen LogP contribution in [0.15, 0.2) is 41.8 Å². The number of piperazine rings is 1. The van der Waals surface area contributed by atoms with Crippen LogP contribution < -0.4 is 5.32 Å². The lowest BCUT2D eigenvalue weighted by atomic mass is 9.84. The predicted octanol–water partition coefficient (Wildman–Crippen LogP) is 4.39. The fourth-order valence-corrected chi connectivity index (χ4v) is 6.50. The van der Waals surface area contributed by atoms with Crippen LogP contribution in [0.2, 0.25) is 0 Å². The number of thiophene rings is 1. The molecule has 1 saturated heterocycles. The fourth-order valence-electron chi connectivity index (χ4n) is 5.76. The zero-order chi connectivity index (χ0) is 26.6. The van der Waals surface area contributed by atoms with Gasteiger partial charge in [-0.05, 0) is 43.2 Å². The van der Waals surface area contributed by atoms with Gasteiger partial charge in [-0.15, -0.1) is 11.3 Å². The molecule has 3 aromatic rings. The van der Waals surface area contributed by atoms with Gasteiger partial charge >= 0.3 is 5.97 Å². The predicted molar refractivity (Wildman–Crippen MR) is 148 cm³/mol. The highest BCUT2D eigenvalue weighted by atomic mass is 32.1. The van der Waals surface area contributed by atoms with Crippen LogP contribution >= 0.6 is 11.3 Å². The lowest BCUT2D eigenvalue weighted by Crippen LogP contribution is -2.51. The minimum atomic E-state index is -1.02. The molecule has 1 atom stereocenters. The number of para-hydroxylation sites is 1. The molecule has 200 valence electrons. The molecule has 0 bridgehead atoms. The number of pyridine rings is 1. The third-order valence-electron chi connectivity index (χ3n) is 7.80. The van der Waals surface area contributed by atoms with Gasteiger partial charge in [-0.1, -0.05) is 43.5 Å². The fraction of sp³-hybridized carbons (Fsp3) is 0.448. The van der Waals surface area contributed by atoms with Crippen LogP contribution in [0.3, 0.4) is 0 Å². The third kappa shape index (κ3) is 5.73. The van der Waals surface area contributed by atoms with Crippen LogP contribution in [0.1, 0.15) is 54.9 Å². The number of fused-ring (bicyclic) bond motifs is 1. The summed E-state index contributed by atoms with van der Waals surface area (Å²) >= 11 is 1.57. The number of carboxylic acids is 1. The number of carbonyl (C=O) groups excluding carboxylic acids is 2.